The van der Waals surface area contributed by atoms with Crippen LogP contribution in [0.1, 0.15) is 86.5 Å². The van der Waals surface area contributed by atoms with Crippen LogP contribution in [0.4, 0.5) is 0 Å². The number of rotatable bonds is 8. The fraction of sp³-hybridized carbons (Fsp3) is 0.348. The van der Waals surface area contributed by atoms with Gasteiger partial charge in [0.1, 0.15) is 0 Å². The molecule has 4 heterocycles. The Labute approximate surface area is 397 Å². The van der Waals surface area contributed by atoms with E-state index in [0.29, 0.717) is 49.3 Å². The highest BCUT2D eigenvalue weighted by atomic mass is 35.5. The maximum Gasteiger partial charge on any atom is 0.325 e. The second kappa shape index (κ2) is 21.9. The Morgan fingerprint density at radius 1 is 0.530 bits per heavy atom. The number of benzene rings is 4. The average molecular weight is 974 g/mol. The van der Waals surface area contributed by atoms with Gasteiger partial charge in [-0.05, 0) is 86.1 Å². The minimum Gasteiger partial charge on any atom is -0.387 e. The predicted molar refractivity (Wildman–Crippen MR) is 266 cm³/mol. The average Bonchev–Trinajstić information content (AvgIpc) is 3.97. The van der Waals surface area contributed by atoms with Gasteiger partial charge in [-0.3, -0.25) is 0 Å². The lowest BCUT2D eigenvalue weighted by Crippen LogP contribution is -2.36. The van der Waals surface area contributed by atoms with Gasteiger partial charge in [0, 0.05) is 48.1 Å². The third-order valence-electron chi connectivity index (χ3n) is 11.2. The van der Waals surface area contributed by atoms with Crippen LogP contribution in [0.5, 0.6) is 0 Å². The molecular formula is C46H54Cl2N12O4S2. The van der Waals surface area contributed by atoms with Gasteiger partial charge < -0.3 is 11.5 Å². The van der Waals surface area contributed by atoms with Gasteiger partial charge in [0.2, 0.25) is 0 Å². The molecule has 0 aromatic heterocycles. The topological polar surface area (TPSA) is 207 Å². The number of halogens is 2. The molecule has 0 spiro atoms. The van der Waals surface area contributed by atoms with Gasteiger partial charge in [-0.15, -0.1) is 8.80 Å². The van der Waals surface area contributed by atoms with Gasteiger partial charge in [0.15, 0.2) is 0 Å². The van der Waals surface area contributed by atoms with Crippen LogP contribution in [0.15, 0.2) is 138 Å². The smallest absolute Gasteiger partial charge is 0.325 e. The van der Waals surface area contributed by atoms with Gasteiger partial charge >= 0.3 is 20.4 Å². The Balaban J connectivity index is 0.000000196. The summed E-state index contributed by atoms with van der Waals surface area (Å²) in [5.74, 6) is 0.117. The Morgan fingerprint density at radius 2 is 0.864 bits per heavy atom. The Hall–Kier alpha value is -5.50. The van der Waals surface area contributed by atoms with Crippen molar-refractivity contribution >= 4 is 78.6 Å². The number of hydrogen-bond acceptors (Lipinski definition) is 6. The summed E-state index contributed by atoms with van der Waals surface area (Å²) < 4.78 is 63.0. The molecule has 2 atom stereocenters. The molecule has 0 aliphatic carbocycles. The molecule has 0 saturated carbocycles. The number of nitrogens with two attached hydrogens (primary N) is 2. The molecule has 2 unspecified atom stereocenters. The number of hydrogen-bond donors (Lipinski definition) is 2. The van der Waals surface area contributed by atoms with Crippen molar-refractivity contribution in [2.75, 3.05) is 39.3 Å². The van der Waals surface area contributed by atoms with Crippen LogP contribution in [-0.2, 0) is 20.4 Å². The monoisotopic (exact) mass is 972 g/mol. The van der Waals surface area contributed by atoms with Crippen LogP contribution >= 0.6 is 23.2 Å². The normalized spacial score (nSPS) is 20.7. The van der Waals surface area contributed by atoms with Crippen LogP contribution in [0.3, 0.4) is 0 Å². The third-order valence-corrected chi connectivity index (χ3v) is 14.5. The number of nitrogens with zero attached hydrogens (tertiary/aromatic N) is 10. The molecule has 4 aliphatic rings. The van der Waals surface area contributed by atoms with Crippen molar-refractivity contribution in [2.24, 2.45) is 40.5 Å². The lowest BCUT2D eigenvalue weighted by atomic mass is 9.91. The second-order valence-corrected chi connectivity index (χ2v) is 20.3. The summed E-state index contributed by atoms with van der Waals surface area (Å²) in [6.45, 7) is 5.77. The lowest BCUT2D eigenvalue weighted by Gasteiger charge is -2.24. The maximum absolute atomic E-state index is 13.0. The highest BCUT2D eigenvalue weighted by Crippen LogP contribution is 2.32. The fourth-order valence-corrected chi connectivity index (χ4v) is 10.6. The number of hydrazone groups is 2. The molecule has 2 fully saturated rings. The Morgan fingerprint density at radius 3 is 1.18 bits per heavy atom. The van der Waals surface area contributed by atoms with E-state index in [1.54, 1.807) is 13.8 Å². The van der Waals surface area contributed by atoms with Gasteiger partial charge in [0.05, 0.1) is 36.2 Å². The molecular weight excluding hydrogens is 920 g/mol. The largest absolute Gasteiger partial charge is 0.387 e. The first-order valence-corrected chi connectivity index (χ1v) is 25.4. The highest BCUT2D eigenvalue weighted by molar-refractivity contribution is 7.88. The first kappa shape index (κ1) is 48.4. The van der Waals surface area contributed by atoms with E-state index in [9.17, 15) is 16.8 Å². The summed E-state index contributed by atoms with van der Waals surface area (Å²) in [7, 11) is -7.81. The van der Waals surface area contributed by atoms with E-state index in [0.717, 1.165) is 72.2 Å². The molecule has 0 bridgehead atoms. The number of piperidine rings is 2. The van der Waals surface area contributed by atoms with Crippen molar-refractivity contribution < 1.29 is 16.8 Å². The summed E-state index contributed by atoms with van der Waals surface area (Å²) in [5, 5.41) is 13.8. The molecule has 66 heavy (non-hydrogen) atoms. The first-order chi connectivity index (χ1) is 31.7. The molecule has 4 aromatic rings. The zero-order chi connectivity index (χ0) is 46.8. The van der Waals surface area contributed by atoms with Crippen molar-refractivity contribution in [1.29, 1.82) is 0 Å². The predicted octanol–water partition coefficient (Wildman–Crippen LogP) is 7.21. The van der Waals surface area contributed by atoms with Crippen LogP contribution in [0.2, 0.25) is 10.0 Å². The zero-order valence-corrected chi connectivity index (χ0v) is 40.0. The summed E-state index contributed by atoms with van der Waals surface area (Å²) >= 11 is 12.2. The van der Waals surface area contributed by atoms with E-state index in [1.165, 1.54) is 18.6 Å². The van der Waals surface area contributed by atoms with Crippen molar-refractivity contribution in [3.8, 4) is 0 Å². The fourth-order valence-electron chi connectivity index (χ4n) is 7.99. The molecule has 16 nitrogen and oxygen atoms in total. The van der Waals surface area contributed by atoms with Gasteiger partial charge in [-0.25, -0.2) is 10.0 Å². The van der Waals surface area contributed by atoms with E-state index in [-0.39, 0.29) is 35.4 Å². The lowest BCUT2D eigenvalue weighted by molar-refractivity contribution is 0.346. The maximum atomic E-state index is 13.0. The summed E-state index contributed by atoms with van der Waals surface area (Å²) in [4.78, 5) is 8.49. The van der Waals surface area contributed by atoms with Crippen molar-refractivity contribution in [1.82, 2.24) is 18.6 Å². The van der Waals surface area contributed by atoms with Crippen LogP contribution in [-0.4, -0.2) is 110 Å². The van der Waals surface area contributed by atoms with E-state index >= 15 is 0 Å². The van der Waals surface area contributed by atoms with Crippen molar-refractivity contribution in [3.63, 3.8) is 0 Å². The van der Waals surface area contributed by atoms with Gasteiger partial charge in [-0.1, -0.05) is 121 Å². The van der Waals surface area contributed by atoms with Crippen molar-refractivity contribution in [3.05, 3.63) is 141 Å². The standard InChI is InChI=1S/2C23H27ClN6O2S/c2*1-17(25)26-23(28-33(31,32)29-14-6-3-7-15-29)30-16-21(18-8-4-2-5-9-18)22(27-30)19-10-12-20(24)13-11-19/h2*2,4-5,8-13,21H,3,6-7,14-16H2,1H3,(H2,25,26,28). The van der Waals surface area contributed by atoms with E-state index < -0.39 is 20.4 Å². The number of amidine groups is 2. The quantitative estimate of drug-likeness (QED) is 0.136. The van der Waals surface area contributed by atoms with E-state index in [4.69, 9.17) is 44.9 Å². The van der Waals surface area contributed by atoms with Crippen LogP contribution < -0.4 is 11.5 Å². The van der Waals surface area contributed by atoms with Crippen LogP contribution in [0.25, 0.3) is 0 Å². The molecule has 4 N–H and O–H groups in total. The van der Waals surface area contributed by atoms with Gasteiger partial charge in [-0.2, -0.15) is 45.6 Å². The van der Waals surface area contributed by atoms with Crippen LogP contribution in [0, 0.1) is 0 Å². The summed E-state index contributed by atoms with van der Waals surface area (Å²) in [6.07, 6.45) is 5.32. The first-order valence-electron chi connectivity index (χ1n) is 21.8. The number of guanidine groups is 2. The molecule has 0 radical (unpaired) electrons. The summed E-state index contributed by atoms with van der Waals surface area (Å²) in [6, 6.07) is 34.7. The molecule has 0 amide bonds. The molecule has 2 saturated heterocycles. The minimum atomic E-state index is -3.91. The SMILES string of the molecule is CC(N)=NC(=NS(=O)(=O)N1CCCCC1)N1CC(c2ccccc2)C(c2ccc(Cl)cc2)=N1.CC(N)=NC(=NS(=O)(=O)N1CCCCC1)N1CC(c2ccccc2)C(c2ccc(Cl)cc2)=N1. The Bertz CT molecular complexity index is 2530. The third kappa shape index (κ3) is 12.5. The van der Waals surface area contributed by atoms with Crippen molar-refractivity contribution in [2.45, 2.75) is 64.2 Å². The van der Waals surface area contributed by atoms with E-state index in [2.05, 4.69) is 18.8 Å². The molecule has 8 rings (SSSR count). The second-order valence-electron chi connectivity index (χ2n) is 16.2. The summed E-state index contributed by atoms with van der Waals surface area (Å²) in [5.41, 5.74) is 17.1. The molecule has 4 aromatic carbocycles. The Kier molecular flexibility index (Phi) is 16.0. The minimum absolute atomic E-state index is 0.0366. The highest BCUT2D eigenvalue weighted by Gasteiger charge is 2.35. The molecule has 20 heteroatoms. The number of aliphatic imine (C=N–C) groups is 2. The zero-order valence-electron chi connectivity index (χ0n) is 36.9. The van der Waals surface area contributed by atoms with E-state index in [1.807, 2.05) is 109 Å². The van der Waals surface area contributed by atoms with Gasteiger partial charge in [0.25, 0.3) is 11.9 Å². The molecule has 348 valence electrons. The molecule has 4 aliphatic heterocycles.